The van der Waals surface area contributed by atoms with Crippen molar-refractivity contribution in [2.75, 3.05) is 6.54 Å². The molecule has 0 saturated carbocycles. The molecule has 2 N–H and O–H groups in total. The summed E-state index contributed by atoms with van der Waals surface area (Å²) >= 11 is 4.85. The molecule has 3 nitrogen and oxygen atoms in total. The summed E-state index contributed by atoms with van der Waals surface area (Å²) in [5, 5.41) is 0. The van der Waals surface area contributed by atoms with Crippen LogP contribution in [0.3, 0.4) is 0 Å². The predicted molar refractivity (Wildman–Crippen MR) is 71.7 cm³/mol. The standard InChI is InChI=1S/C12H16F3N3S/c1-8(2)18(7-12(13,14)15)6-9-4-3-5-17-10(9)11(16)19/h3-5,8H,6-7H2,1-2H3,(H2,16,19). The van der Waals surface area contributed by atoms with Gasteiger partial charge in [0.25, 0.3) is 0 Å². The number of rotatable bonds is 5. The van der Waals surface area contributed by atoms with E-state index in [1.54, 1.807) is 26.0 Å². The topological polar surface area (TPSA) is 42.2 Å². The van der Waals surface area contributed by atoms with Crippen molar-refractivity contribution in [1.29, 1.82) is 0 Å². The number of pyridine rings is 1. The van der Waals surface area contributed by atoms with Gasteiger partial charge >= 0.3 is 6.18 Å². The highest BCUT2D eigenvalue weighted by molar-refractivity contribution is 7.80. The molecule has 0 aliphatic heterocycles. The van der Waals surface area contributed by atoms with Crippen molar-refractivity contribution in [3.63, 3.8) is 0 Å². The fraction of sp³-hybridized carbons (Fsp3) is 0.500. The van der Waals surface area contributed by atoms with Crippen LogP contribution in [0.5, 0.6) is 0 Å². The summed E-state index contributed by atoms with van der Waals surface area (Å²) in [5.74, 6) is 0. The molecular formula is C12H16F3N3S. The molecule has 0 saturated heterocycles. The summed E-state index contributed by atoms with van der Waals surface area (Å²) in [6.07, 6.45) is -2.72. The maximum atomic E-state index is 12.5. The van der Waals surface area contributed by atoms with E-state index in [4.69, 9.17) is 18.0 Å². The van der Waals surface area contributed by atoms with Crippen LogP contribution in [-0.4, -0.2) is 33.6 Å². The fourth-order valence-electron chi connectivity index (χ4n) is 1.66. The molecule has 0 radical (unpaired) electrons. The van der Waals surface area contributed by atoms with Gasteiger partial charge < -0.3 is 5.73 Å². The Morgan fingerprint density at radius 2 is 2.11 bits per heavy atom. The average molecular weight is 291 g/mol. The van der Waals surface area contributed by atoms with Gasteiger partial charge in [0.15, 0.2) is 0 Å². The van der Waals surface area contributed by atoms with Crippen molar-refractivity contribution < 1.29 is 13.2 Å². The van der Waals surface area contributed by atoms with E-state index in [2.05, 4.69) is 4.98 Å². The highest BCUT2D eigenvalue weighted by Gasteiger charge is 2.32. The highest BCUT2D eigenvalue weighted by Crippen LogP contribution is 2.20. The van der Waals surface area contributed by atoms with Gasteiger partial charge in [-0.2, -0.15) is 13.2 Å². The lowest BCUT2D eigenvalue weighted by molar-refractivity contribution is -0.150. The Morgan fingerprint density at radius 1 is 1.47 bits per heavy atom. The predicted octanol–water partition coefficient (Wildman–Crippen LogP) is 2.49. The first-order valence-corrected chi connectivity index (χ1v) is 6.16. The number of alkyl halides is 3. The van der Waals surface area contributed by atoms with Gasteiger partial charge in [-0.1, -0.05) is 18.3 Å². The lowest BCUT2D eigenvalue weighted by atomic mass is 10.1. The van der Waals surface area contributed by atoms with Gasteiger partial charge in [0.1, 0.15) is 10.7 Å². The first-order valence-electron chi connectivity index (χ1n) is 5.75. The number of thiocarbonyl (C=S) groups is 1. The monoisotopic (exact) mass is 291 g/mol. The van der Waals surface area contributed by atoms with Gasteiger partial charge in [-0.25, -0.2) is 0 Å². The third-order valence-corrected chi connectivity index (χ3v) is 2.80. The Bertz CT molecular complexity index is 446. The zero-order chi connectivity index (χ0) is 14.6. The molecule has 1 aromatic rings. The molecule has 0 aromatic carbocycles. The minimum atomic E-state index is -4.24. The van der Waals surface area contributed by atoms with Crippen molar-refractivity contribution in [3.05, 3.63) is 29.6 Å². The van der Waals surface area contributed by atoms with Crippen LogP contribution in [-0.2, 0) is 6.54 Å². The number of nitrogens with two attached hydrogens (primary N) is 1. The van der Waals surface area contributed by atoms with Gasteiger partial charge in [-0.15, -0.1) is 0 Å². The number of halogens is 3. The van der Waals surface area contributed by atoms with E-state index in [1.807, 2.05) is 0 Å². The van der Waals surface area contributed by atoms with E-state index in [1.165, 1.54) is 11.1 Å². The minimum Gasteiger partial charge on any atom is -0.388 e. The highest BCUT2D eigenvalue weighted by atomic mass is 32.1. The molecule has 106 valence electrons. The molecule has 7 heteroatoms. The zero-order valence-electron chi connectivity index (χ0n) is 10.7. The fourth-order valence-corrected chi connectivity index (χ4v) is 1.84. The van der Waals surface area contributed by atoms with E-state index in [0.29, 0.717) is 11.3 Å². The number of hydrogen-bond acceptors (Lipinski definition) is 3. The van der Waals surface area contributed by atoms with Crippen molar-refractivity contribution >= 4 is 17.2 Å². The Balaban J connectivity index is 2.94. The molecule has 1 rings (SSSR count). The normalized spacial score (nSPS) is 12.2. The van der Waals surface area contributed by atoms with E-state index in [-0.39, 0.29) is 17.6 Å². The van der Waals surface area contributed by atoms with Gasteiger partial charge in [0, 0.05) is 18.8 Å². The summed E-state index contributed by atoms with van der Waals surface area (Å²) < 4.78 is 37.6. The summed E-state index contributed by atoms with van der Waals surface area (Å²) in [7, 11) is 0. The second-order valence-corrected chi connectivity index (χ2v) is 4.93. The van der Waals surface area contributed by atoms with Gasteiger partial charge in [-0.05, 0) is 25.5 Å². The summed E-state index contributed by atoms with van der Waals surface area (Å²) in [5.41, 5.74) is 6.51. The Hall–Kier alpha value is -1.21. The largest absolute Gasteiger partial charge is 0.401 e. The van der Waals surface area contributed by atoms with Crippen LogP contribution in [0.4, 0.5) is 13.2 Å². The lowest BCUT2D eigenvalue weighted by Crippen LogP contribution is -2.39. The molecule has 0 amide bonds. The minimum absolute atomic E-state index is 0.0892. The molecule has 0 atom stereocenters. The second-order valence-electron chi connectivity index (χ2n) is 4.49. The second kappa shape index (κ2) is 6.29. The van der Waals surface area contributed by atoms with Gasteiger partial charge in [0.05, 0.1) is 6.54 Å². The van der Waals surface area contributed by atoms with Crippen LogP contribution < -0.4 is 5.73 Å². The Labute approximate surface area is 115 Å². The molecule has 0 fully saturated rings. The molecule has 1 heterocycles. The van der Waals surface area contributed by atoms with Crippen LogP contribution in [0.15, 0.2) is 18.3 Å². The smallest absolute Gasteiger partial charge is 0.388 e. The quantitative estimate of drug-likeness (QED) is 0.846. The molecule has 0 aliphatic rings. The summed E-state index contributed by atoms with van der Waals surface area (Å²) in [4.78, 5) is 5.41. The van der Waals surface area contributed by atoms with Crippen LogP contribution in [0.1, 0.15) is 25.1 Å². The molecule has 0 bridgehead atoms. The Morgan fingerprint density at radius 3 is 2.58 bits per heavy atom. The van der Waals surface area contributed by atoms with Crippen LogP contribution in [0.2, 0.25) is 0 Å². The molecule has 1 aromatic heterocycles. The van der Waals surface area contributed by atoms with E-state index < -0.39 is 12.7 Å². The van der Waals surface area contributed by atoms with E-state index in [0.717, 1.165) is 0 Å². The molecule has 0 spiro atoms. The van der Waals surface area contributed by atoms with Crippen molar-refractivity contribution in [1.82, 2.24) is 9.88 Å². The molecular weight excluding hydrogens is 275 g/mol. The van der Waals surface area contributed by atoms with Crippen LogP contribution >= 0.6 is 12.2 Å². The average Bonchev–Trinajstić information content (AvgIpc) is 2.26. The van der Waals surface area contributed by atoms with Crippen molar-refractivity contribution in [3.8, 4) is 0 Å². The Kier molecular flexibility index (Phi) is 5.25. The first-order chi connectivity index (χ1) is 8.70. The SMILES string of the molecule is CC(C)N(Cc1cccnc1C(N)=S)CC(F)(F)F. The maximum Gasteiger partial charge on any atom is 0.401 e. The third-order valence-electron chi connectivity index (χ3n) is 2.61. The number of hydrogen-bond donors (Lipinski definition) is 1. The third kappa shape index (κ3) is 5.12. The molecule has 0 aliphatic carbocycles. The van der Waals surface area contributed by atoms with Gasteiger partial charge in [0.2, 0.25) is 0 Å². The summed E-state index contributed by atoms with van der Waals surface area (Å²) in [6.45, 7) is 2.55. The molecule has 0 unspecified atom stereocenters. The van der Waals surface area contributed by atoms with E-state index >= 15 is 0 Å². The van der Waals surface area contributed by atoms with Crippen molar-refractivity contribution in [2.45, 2.75) is 32.6 Å². The van der Waals surface area contributed by atoms with Crippen LogP contribution in [0, 0.1) is 0 Å². The maximum absolute atomic E-state index is 12.5. The molecule has 19 heavy (non-hydrogen) atoms. The zero-order valence-corrected chi connectivity index (χ0v) is 11.6. The van der Waals surface area contributed by atoms with E-state index in [9.17, 15) is 13.2 Å². The first kappa shape index (κ1) is 15.8. The number of aromatic nitrogens is 1. The number of nitrogens with zero attached hydrogens (tertiary/aromatic N) is 2. The lowest BCUT2D eigenvalue weighted by Gasteiger charge is -2.28. The van der Waals surface area contributed by atoms with Crippen LogP contribution in [0.25, 0.3) is 0 Å². The summed E-state index contributed by atoms with van der Waals surface area (Å²) in [6, 6.07) is 3.09. The van der Waals surface area contributed by atoms with Crippen molar-refractivity contribution in [2.24, 2.45) is 5.73 Å². The van der Waals surface area contributed by atoms with Gasteiger partial charge in [-0.3, -0.25) is 9.88 Å².